The van der Waals surface area contributed by atoms with Gasteiger partial charge in [-0.2, -0.15) is 0 Å². The van der Waals surface area contributed by atoms with Gasteiger partial charge in [0.2, 0.25) is 5.91 Å². The van der Waals surface area contributed by atoms with Gasteiger partial charge in [-0.3, -0.25) is 19.4 Å². The van der Waals surface area contributed by atoms with Crippen molar-refractivity contribution in [2.75, 3.05) is 45.9 Å². The lowest BCUT2D eigenvalue weighted by Crippen LogP contribution is -2.55. The van der Waals surface area contributed by atoms with Crippen LogP contribution in [0.4, 0.5) is 4.39 Å². The Morgan fingerprint density at radius 2 is 1.33 bits per heavy atom. The van der Waals surface area contributed by atoms with E-state index in [1.54, 1.807) is 23.5 Å². The van der Waals surface area contributed by atoms with Crippen molar-refractivity contribution in [2.45, 2.75) is 294 Å². The number of Topliss-reactive ketones (excluding diaryl/α,β-unsaturated/α-hetero) is 1. The molecule has 6 atom stereocenters. The summed E-state index contributed by atoms with van der Waals surface area (Å²) in [5.41, 5.74) is 8.12. The van der Waals surface area contributed by atoms with Crippen molar-refractivity contribution in [3.05, 3.63) is 201 Å². The second-order valence-corrected chi connectivity index (χ2v) is 36.0. The van der Waals surface area contributed by atoms with Crippen LogP contribution in [-0.4, -0.2) is 109 Å². The van der Waals surface area contributed by atoms with Gasteiger partial charge in [0.25, 0.3) is 0 Å². The number of nitrogens with zero attached hydrogens (tertiary/aromatic N) is 3. The number of nitrogens with one attached hydrogen (secondary N) is 2. The fourth-order valence-electron chi connectivity index (χ4n) is 18.8. The van der Waals surface area contributed by atoms with Crippen LogP contribution in [0, 0.1) is 40.8 Å². The van der Waals surface area contributed by atoms with Gasteiger partial charge in [0.15, 0.2) is 11.6 Å². The van der Waals surface area contributed by atoms with Crippen LogP contribution >= 0.6 is 11.3 Å². The van der Waals surface area contributed by atoms with E-state index in [1.807, 2.05) is 68.4 Å². The molecule has 4 heterocycles. The molecule has 5 aliphatic rings. The Balaban J connectivity index is 0.000000186. The number of likely N-dealkylation sites (tertiary alicyclic amines) is 2. The Bertz CT molecular complexity index is 3410. The SMILES string of the molecule is CC(C)CC1(C)CC(C)(C)CC(C)(C)C1.CC(C)NCC(=O)NC(C)(Cc1ccccc1)c1ccccc1.CCN(C(C)C)C1(c2cccs2)CCCCC1=O.CC[C@]1(c2ccccc2)OC[C@H]([C@@H]2CCCCN2C(C)C)O1.Cc1ccc(C(CN2CCC(Cc3ccc(F)cc3)CC2)OC(C)C)cc1. The molecule has 580 valence electrons. The zero-order chi connectivity index (χ0) is 76.6. The largest absolute Gasteiger partial charge is 0.370 e. The average Bonchev–Trinajstić information content (AvgIpc) is 1.74. The van der Waals surface area contributed by atoms with Gasteiger partial charge in [-0.15, -0.1) is 11.3 Å². The molecule has 10 nitrogen and oxygen atoms in total. The summed E-state index contributed by atoms with van der Waals surface area (Å²) < 4.78 is 32.1. The number of likely N-dealkylation sites (N-methyl/N-ethyl adjacent to an activating group) is 1. The molecule has 5 aromatic carbocycles. The van der Waals surface area contributed by atoms with Crippen molar-refractivity contribution in [3.63, 3.8) is 0 Å². The Morgan fingerprint density at radius 1 is 0.714 bits per heavy atom. The Hall–Kier alpha value is -5.41. The molecule has 2 saturated carbocycles. The summed E-state index contributed by atoms with van der Waals surface area (Å²) in [6.45, 7) is 49.1. The molecule has 1 amide bonds. The number of amides is 1. The van der Waals surface area contributed by atoms with E-state index in [-0.39, 0.29) is 41.6 Å². The van der Waals surface area contributed by atoms with Crippen molar-refractivity contribution in [1.29, 1.82) is 0 Å². The molecule has 6 aromatic rings. The summed E-state index contributed by atoms with van der Waals surface area (Å²) in [5.74, 6) is 1.26. The summed E-state index contributed by atoms with van der Waals surface area (Å²) >= 11 is 1.73. The highest BCUT2D eigenvalue weighted by atomic mass is 32.1. The molecule has 0 bridgehead atoms. The minimum absolute atomic E-state index is 0.0148. The van der Waals surface area contributed by atoms with Gasteiger partial charge in [-0.25, -0.2) is 4.39 Å². The van der Waals surface area contributed by atoms with Gasteiger partial charge in [-0.1, -0.05) is 228 Å². The third kappa shape index (κ3) is 26.4. The first-order valence-electron chi connectivity index (χ1n) is 40.6. The lowest BCUT2D eigenvalue weighted by Gasteiger charge is -2.51. The lowest BCUT2D eigenvalue weighted by atomic mass is 9.54. The average molecular weight is 1460 g/mol. The number of piperidine rings is 2. The van der Waals surface area contributed by atoms with E-state index in [2.05, 4.69) is 233 Å². The summed E-state index contributed by atoms with van der Waals surface area (Å²) in [6, 6.07) is 52.5. The number of hydrogen-bond acceptors (Lipinski definition) is 10. The highest BCUT2D eigenvalue weighted by Crippen LogP contribution is 2.56. The van der Waals surface area contributed by atoms with E-state index in [0.29, 0.717) is 59.2 Å². The first-order valence-corrected chi connectivity index (χ1v) is 41.5. The Morgan fingerprint density at radius 3 is 1.88 bits per heavy atom. The normalized spacial score (nSPS) is 22.7. The molecule has 105 heavy (non-hydrogen) atoms. The van der Waals surface area contributed by atoms with Gasteiger partial charge >= 0.3 is 0 Å². The smallest absolute Gasteiger partial charge is 0.234 e. The van der Waals surface area contributed by atoms with Crippen molar-refractivity contribution in [1.82, 2.24) is 25.3 Å². The molecule has 2 N–H and O–H groups in total. The van der Waals surface area contributed by atoms with Crippen LogP contribution in [0.5, 0.6) is 0 Å². The number of carbonyl (C=O) groups is 2. The summed E-state index contributed by atoms with van der Waals surface area (Å²) in [5, 5.41) is 8.47. The number of rotatable bonds is 24. The first kappa shape index (κ1) is 86.8. The highest BCUT2D eigenvalue weighted by Gasteiger charge is 2.49. The van der Waals surface area contributed by atoms with E-state index in [0.717, 1.165) is 88.2 Å². The minimum atomic E-state index is -0.550. The van der Waals surface area contributed by atoms with E-state index < -0.39 is 11.3 Å². The molecule has 3 saturated heterocycles. The molecule has 5 fully saturated rings. The second-order valence-electron chi connectivity index (χ2n) is 35.1. The summed E-state index contributed by atoms with van der Waals surface area (Å²) in [4.78, 5) is 33.8. The van der Waals surface area contributed by atoms with Crippen molar-refractivity contribution < 1.29 is 28.2 Å². The predicted octanol–water partition coefficient (Wildman–Crippen LogP) is 21.8. The van der Waals surface area contributed by atoms with Gasteiger partial charge in [-0.05, 0) is 233 Å². The van der Waals surface area contributed by atoms with E-state index in [4.69, 9.17) is 14.2 Å². The molecule has 11 rings (SSSR count). The summed E-state index contributed by atoms with van der Waals surface area (Å²) in [7, 11) is 0. The Labute approximate surface area is 641 Å². The quantitative estimate of drug-likeness (QED) is 0.0614. The van der Waals surface area contributed by atoms with Crippen LogP contribution in [0.3, 0.4) is 0 Å². The summed E-state index contributed by atoms with van der Waals surface area (Å²) in [6.07, 6.45) is 18.9. The molecule has 3 unspecified atom stereocenters. The third-order valence-electron chi connectivity index (χ3n) is 22.2. The van der Waals surface area contributed by atoms with E-state index in [1.165, 1.54) is 91.5 Å². The maximum atomic E-state index is 13.1. The number of hydrogen-bond donors (Lipinski definition) is 2. The third-order valence-corrected chi connectivity index (χ3v) is 23.3. The molecular formula is C93H140FN5O5S. The van der Waals surface area contributed by atoms with Crippen LogP contribution in [0.25, 0.3) is 0 Å². The number of halogens is 1. The topological polar surface area (TPSA) is 95.6 Å². The second kappa shape index (κ2) is 40.9. The maximum Gasteiger partial charge on any atom is 0.234 e. The zero-order valence-corrected chi connectivity index (χ0v) is 69.5. The number of ether oxygens (including phenoxy) is 3. The molecule has 1 aromatic heterocycles. The lowest BCUT2D eigenvalue weighted by molar-refractivity contribution is -0.187. The number of thiophene rings is 1. The van der Waals surface area contributed by atoms with Crippen LogP contribution in [0.15, 0.2) is 157 Å². The minimum Gasteiger partial charge on any atom is -0.370 e. The van der Waals surface area contributed by atoms with Crippen molar-refractivity contribution in [2.24, 2.45) is 28.1 Å². The van der Waals surface area contributed by atoms with E-state index in [9.17, 15) is 14.0 Å². The Kier molecular flexibility index (Phi) is 33.8. The first-order chi connectivity index (χ1) is 49.8. The highest BCUT2D eigenvalue weighted by molar-refractivity contribution is 7.10. The van der Waals surface area contributed by atoms with Crippen LogP contribution in [0.2, 0.25) is 0 Å². The van der Waals surface area contributed by atoms with Crippen LogP contribution in [0.1, 0.15) is 259 Å². The molecule has 2 aliphatic carbocycles. The number of ketones is 1. The van der Waals surface area contributed by atoms with Crippen LogP contribution in [-0.2, 0) is 53.5 Å². The molecule has 0 spiro atoms. The fraction of sp³-hybridized carbons (Fsp3) is 0.613. The van der Waals surface area contributed by atoms with Gasteiger partial charge in [0.05, 0.1) is 30.9 Å². The fourth-order valence-corrected chi connectivity index (χ4v) is 19.8. The zero-order valence-electron chi connectivity index (χ0n) is 68.6. The number of benzene rings is 5. The molecule has 3 aliphatic heterocycles. The molecule has 12 heteroatoms. The van der Waals surface area contributed by atoms with Crippen LogP contribution < -0.4 is 10.6 Å². The van der Waals surface area contributed by atoms with Crippen molar-refractivity contribution >= 4 is 23.0 Å². The number of aryl methyl sites for hydroxylation is 1. The van der Waals surface area contributed by atoms with Gasteiger partial charge in [0.1, 0.15) is 17.5 Å². The standard InChI is InChI=1S/C24H32FNO.C20H26N2O.C19H29NO2.C15H23NOS.C15H30/c1-18(2)27-24(22-8-4-19(3)5-9-22)17-26-14-12-21(13-15-26)16-20-6-10-23(25)11-7-20;1-16(2)21-15-19(23)22-20(3,18-12-8-5-9-13-18)14-17-10-6-4-7-11-17;1-4-19(16-10-6-5-7-11-16)21-14-18(22-19)17-12-8-9-13-20(17)15(2)3;1-4-16(12(2)3)15(14-9-7-11-18-14)10-6-5-8-13(15)17;1-12(2)8-15(7)10-13(3,4)9-14(5,6)11-15/h4-11,18,21,24H,12-17H2,1-3H3;4-13,16,21H,14-15H2,1-3H3,(H,22,23);5-7,10-11,15,17-18H,4,8-9,12-14H2,1-3H3;7,9,11-12H,4-6,8,10H2,1-3H3;12H,8-11H2,1-7H3/t;;17-,18+,19-;;/m..0../s1. The predicted molar refractivity (Wildman–Crippen MR) is 439 cm³/mol. The number of carbonyl (C=O) groups excluding carboxylic acids is 2. The monoisotopic (exact) mass is 1460 g/mol. The van der Waals surface area contributed by atoms with Gasteiger partial charge < -0.3 is 29.7 Å². The molecular weight excluding hydrogens is 1320 g/mol. The van der Waals surface area contributed by atoms with E-state index >= 15 is 0 Å². The van der Waals surface area contributed by atoms with Crippen molar-refractivity contribution in [3.8, 4) is 0 Å². The molecule has 0 radical (unpaired) electrons. The van der Waals surface area contributed by atoms with Gasteiger partial charge in [0, 0.05) is 54.0 Å². The maximum absolute atomic E-state index is 13.1.